The van der Waals surface area contributed by atoms with Gasteiger partial charge in [-0.1, -0.05) is 11.6 Å². The van der Waals surface area contributed by atoms with E-state index in [0.29, 0.717) is 11.8 Å². The number of ether oxygens (including phenoxy) is 1. The molecule has 130 valence electrons. The smallest absolute Gasteiger partial charge is 0.249 e. The summed E-state index contributed by atoms with van der Waals surface area (Å²) in [5, 5.41) is 9.55. The number of aromatic nitrogens is 3. The van der Waals surface area contributed by atoms with E-state index >= 15 is 0 Å². The molecular formula is C19H22N4O2. The van der Waals surface area contributed by atoms with E-state index < -0.39 is 0 Å². The molecule has 3 aromatic rings. The summed E-state index contributed by atoms with van der Waals surface area (Å²) in [6.07, 6.45) is -0.0443. The summed E-state index contributed by atoms with van der Waals surface area (Å²) in [5.41, 5.74) is 3.91. The minimum atomic E-state index is -0.189. The van der Waals surface area contributed by atoms with E-state index in [1.165, 1.54) is 5.56 Å². The predicted molar refractivity (Wildman–Crippen MR) is 95.3 cm³/mol. The lowest BCUT2D eigenvalue weighted by Gasteiger charge is -2.32. The van der Waals surface area contributed by atoms with Crippen LogP contribution in [0.5, 0.6) is 0 Å². The second-order valence-electron chi connectivity index (χ2n) is 6.92. The van der Waals surface area contributed by atoms with Crippen LogP contribution in [0.3, 0.4) is 0 Å². The molecule has 0 unspecified atom stereocenters. The van der Waals surface area contributed by atoms with Crippen LogP contribution in [0.2, 0.25) is 0 Å². The summed E-state index contributed by atoms with van der Waals surface area (Å²) in [6.45, 7) is 7.75. The predicted octanol–water partition coefficient (Wildman–Crippen LogP) is 3.29. The van der Waals surface area contributed by atoms with Crippen LogP contribution in [0.15, 0.2) is 28.7 Å². The number of hydrogen-bond acceptors (Lipinski definition) is 6. The molecule has 1 aliphatic rings. The molecule has 3 heterocycles. The van der Waals surface area contributed by atoms with E-state index in [4.69, 9.17) is 9.15 Å². The fraction of sp³-hybridized carbons (Fsp3) is 0.421. The van der Waals surface area contributed by atoms with Crippen molar-refractivity contribution < 1.29 is 9.15 Å². The second-order valence-corrected chi connectivity index (χ2v) is 6.92. The number of likely N-dealkylation sites (N-methyl/N-ethyl adjacent to an activating group) is 1. The summed E-state index contributed by atoms with van der Waals surface area (Å²) < 4.78 is 11.9. The van der Waals surface area contributed by atoms with Crippen molar-refractivity contribution in [2.45, 2.75) is 33.0 Å². The largest absolute Gasteiger partial charge is 0.418 e. The fourth-order valence-corrected chi connectivity index (χ4v) is 3.38. The van der Waals surface area contributed by atoms with Crippen LogP contribution in [-0.4, -0.2) is 46.3 Å². The van der Waals surface area contributed by atoms with Gasteiger partial charge < -0.3 is 14.1 Å². The highest BCUT2D eigenvalue weighted by Gasteiger charge is 2.29. The minimum Gasteiger partial charge on any atom is -0.418 e. The Morgan fingerprint density at radius 1 is 1.12 bits per heavy atom. The van der Waals surface area contributed by atoms with Crippen molar-refractivity contribution in [3.63, 3.8) is 0 Å². The Balaban J connectivity index is 1.70. The summed E-state index contributed by atoms with van der Waals surface area (Å²) in [5.74, 6) is 1.02. The molecule has 1 aliphatic heterocycles. The normalized spacial score (nSPS) is 21.8. The Kier molecular flexibility index (Phi) is 4.01. The maximum atomic E-state index is 5.95. The molecule has 0 amide bonds. The first-order valence-corrected chi connectivity index (χ1v) is 8.55. The Morgan fingerprint density at radius 2 is 1.96 bits per heavy atom. The highest BCUT2D eigenvalue weighted by atomic mass is 16.5. The number of hydrogen-bond donors (Lipinski definition) is 0. The lowest BCUT2D eigenvalue weighted by Crippen LogP contribution is -2.40. The zero-order valence-electron chi connectivity index (χ0n) is 15.0. The molecular weight excluding hydrogens is 316 g/mol. The van der Waals surface area contributed by atoms with E-state index in [1.54, 1.807) is 0 Å². The van der Waals surface area contributed by atoms with Crippen LogP contribution in [0.4, 0.5) is 0 Å². The fourth-order valence-electron chi connectivity index (χ4n) is 3.38. The number of benzene rings is 1. The molecule has 6 nitrogen and oxygen atoms in total. The van der Waals surface area contributed by atoms with Gasteiger partial charge in [-0.05, 0) is 46.0 Å². The Morgan fingerprint density at radius 3 is 2.76 bits per heavy atom. The summed E-state index contributed by atoms with van der Waals surface area (Å²) >= 11 is 0. The molecule has 1 saturated heterocycles. The van der Waals surface area contributed by atoms with Gasteiger partial charge in [0.05, 0.1) is 22.9 Å². The van der Waals surface area contributed by atoms with Gasteiger partial charge in [-0.15, -0.1) is 10.2 Å². The van der Waals surface area contributed by atoms with Gasteiger partial charge in [0, 0.05) is 18.5 Å². The quantitative estimate of drug-likeness (QED) is 0.714. The molecule has 0 bridgehead atoms. The van der Waals surface area contributed by atoms with Crippen LogP contribution < -0.4 is 0 Å². The number of rotatable bonds is 2. The van der Waals surface area contributed by atoms with Gasteiger partial charge in [-0.25, -0.2) is 0 Å². The van der Waals surface area contributed by atoms with Gasteiger partial charge in [0.25, 0.3) is 0 Å². The monoisotopic (exact) mass is 338 g/mol. The second kappa shape index (κ2) is 6.20. The third-order valence-electron chi connectivity index (χ3n) is 4.55. The Hall–Kier alpha value is -2.31. The molecule has 2 aromatic heterocycles. The minimum absolute atomic E-state index is 0.145. The van der Waals surface area contributed by atoms with Crippen molar-refractivity contribution in [1.29, 1.82) is 0 Å². The Bertz CT molecular complexity index is 911. The first-order valence-electron chi connectivity index (χ1n) is 8.55. The molecule has 0 N–H and O–H groups in total. The number of nitrogens with zero attached hydrogens (tertiary/aromatic N) is 4. The zero-order chi connectivity index (χ0) is 17.6. The van der Waals surface area contributed by atoms with Crippen molar-refractivity contribution in [1.82, 2.24) is 20.1 Å². The highest BCUT2D eigenvalue weighted by Crippen LogP contribution is 2.29. The molecule has 0 spiro atoms. The maximum Gasteiger partial charge on any atom is 0.249 e. The van der Waals surface area contributed by atoms with Crippen molar-refractivity contribution in [2.75, 3.05) is 20.1 Å². The van der Waals surface area contributed by atoms with Gasteiger partial charge in [0.1, 0.15) is 6.10 Å². The van der Waals surface area contributed by atoms with Crippen molar-refractivity contribution in [3.05, 3.63) is 41.4 Å². The number of pyridine rings is 1. The van der Waals surface area contributed by atoms with Crippen molar-refractivity contribution in [2.24, 2.45) is 0 Å². The lowest BCUT2D eigenvalue weighted by molar-refractivity contribution is -0.0821. The summed E-state index contributed by atoms with van der Waals surface area (Å²) in [6, 6.07) is 8.28. The Labute approximate surface area is 146 Å². The lowest BCUT2D eigenvalue weighted by atomic mass is 10.1. The third kappa shape index (κ3) is 3.15. The van der Waals surface area contributed by atoms with Gasteiger partial charge >= 0.3 is 0 Å². The van der Waals surface area contributed by atoms with Crippen LogP contribution in [-0.2, 0) is 4.74 Å². The molecule has 25 heavy (non-hydrogen) atoms. The molecule has 0 saturated carbocycles. The molecule has 6 heteroatoms. The van der Waals surface area contributed by atoms with Gasteiger partial charge in [-0.3, -0.25) is 4.98 Å². The molecule has 1 aromatic carbocycles. The molecule has 4 rings (SSSR count). The van der Waals surface area contributed by atoms with E-state index in [9.17, 15) is 0 Å². The van der Waals surface area contributed by atoms with Crippen LogP contribution in [0.1, 0.15) is 30.2 Å². The van der Waals surface area contributed by atoms with Crippen LogP contribution in [0.25, 0.3) is 22.4 Å². The standard InChI is InChI=1S/C19H22N4O2/c1-11-5-6-16-14(7-11)8-15(13(3)20-16)18-21-22-19(25-18)17-10-23(4)9-12(2)24-17/h5-8,12,17H,9-10H2,1-4H3/t12-,17-/m1/s1. The summed E-state index contributed by atoms with van der Waals surface area (Å²) in [4.78, 5) is 6.89. The molecule has 0 radical (unpaired) electrons. The van der Waals surface area contributed by atoms with Gasteiger partial charge in [-0.2, -0.15) is 0 Å². The van der Waals surface area contributed by atoms with Crippen molar-refractivity contribution >= 4 is 10.9 Å². The highest BCUT2D eigenvalue weighted by molar-refractivity contribution is 5.84. The third-order valence-corrected chi connectivity index (χ3v) is 4.55. The first kappa shape index (κ1) is 16.2. The molecule has 2 atom stereocenters. The van der Waals surface area contributed by atoms with E-state index in [2.05, 4.69) is 59.2 Å². The first-order chi connectivity index (χ1) is 12.0. The van der Waals surface area contributed by atoms with Gasteiger partial charge in [0.15, 0.2) is 0 Å². The molecule has 0 aliphatic carbocycles. The molecule has 1 fully saturated rings. The zero-order valence-corrected chi connectivity index (χ0v) is 15.0. The van der Waals surface area contributed by atoms with E-state index in [0.717, 1.165) is 35.2 Å². The number of morpholine rings is 1. The van der Waals surface area contributed by atoms with E-state index in [1.807, 2.05) is 13.0 Å². The summed E-state index contributed by atoms with van der Waals surface area (Å²) in [7, 11) is 2.07. The van der Waals surface area contributed by atoms with Crippen LogP contribution >= 0.6 is 0 Å². The topological polar surface area (TPSA) is 64.3 Å². The average molecular weight is 338 g/mol. The average Bonchev–Trinajstić information content (AvgIpc) is 3.03. The van der Waals surface area contributed by atoms with Crippen LogP contribution in [0, 0.1) is 13.8 Å². The van der Waals surface area contributed by atoms with Crippen molar-refractivity contribution in [3.8, 4) is 11.5 Å². The van der Waals surface area contributed by atoms with Gasteiger partial charge in [0.2, 0.25) is 11.8 Å². The maximum absolute atomic E-state index is 5.95. The number of fused-ring (bicyclic) bond motifs is 1. The SMILES string of the molecule is Cc1ccc2nc(C)c(-c3nnc([C@H]4CN(C)C[C@@H](C)O4)o3)cc2c1. The van der Waals surface area contributed by atoms with E-state index in [-0.39, 0.29) is 12.2 Å². The number of aryl methyl sites for hydroxylation is 2.